The van der Waals surface area contributed by atoms with Crippen LogP contribution in [-0.2, 0) is 9.59 Å². The molecule has 1 heterocycles. The fourth-order valence-electron chi connectivity index (χ4n) is 5.29. The van der Waals surface area contributed by atoms with Crippen LogP contribution in [0.1, 0.15) is 78.1 Å². The van der Waals surface area contributed by atoms with Crippen molar-refractivity contribution in [1.29, 1.82) is 0 Å². The number of likely N-dealkylation sites (tertiary alicyclic amines) is 1. The lowest BCUT2D eigenvalue weighted by Gasteiger charge is -2.35. The van der Waals surface area contributed by atoms with Crippen molar-refractivity contribution in [3.8, 4) is 0 Å². The number of ketones is 2. The smallest absolute Gasteiger partial charge is 0.167 e. The number of hydrogen-bond acceptors (Lipinski definition) is 3. The topological polar surface area (TPSA) is 37.4 Å². The molecule has 0 saturated carbocycles. The van der Waals surface area contributed by atoms with Crippen LogP contribution in [0.25, 0.3) is 0 Å². The molecule has 0 aromatic rings. The van der Waals surface area contributed by atoms with Crippen molar-refractivity contribution in [3.63, 3.8) is 0 Å². The summed E-state index contributed by atoms with van der Waals surface area (Å²) in [5, 5.41) is 0. The minimum atomic E-state index is 0.197. The second-order valence-corrected chi connectivity index (χ2v) is 10.6. The molecular formula is C29H37NO2. The molecule has 0 amide bonds. The summed E-state index contributed by atoms with van der Waals surface area (Å²) in [5.74, 6) is 0.571. The Morgan fingerprint density at radius 1 is 1.22 bits per heavy atom. The van der Waals surface area contributed by atoms with E-state index in [-0.39, 0.29) is 5.78 Å². The molecule has 0 bridgehead atoms. The van der Waals surface area contributed by atoms with Gasteiger partial charge in [-0.2, -0.15) is 0 Å². The molecule has 0 spiro atoms. The summed E-state index contributed by atoms with van der Waals surface area (Å²) in [7, 11) is 0. The summed E-state index contributed by atoms with van der Waals surface area (Å²) in [6.45, 7) is 6.29. The predicted octanol–water partition coefficient (Wildman–Crippen LogP) is 6.19. The number of rotatable bonds is 4. The first-order valence-electron chi connectivity index (χ1n) is 12.4. The molecule has 0 aromatic heterocycles. The Bertz CT molecular complexity index is 950. The van der Waals surface area contributed by atoms with Crippen LogP contribution in [0.3, 0.4) is 0 Å². The number of hydrogen-bond donors (Lipinski definition) is 0. The van der Waals surface area contributed by atoms with E-state index in [1.165, 1.54) is 16.7 Å². The largest absolute Gasteiger partial charge is 0.298 e. The molecule has 3 heteroatoms. The van der Waals surface area contributed by atoms with Gasteiger partial charge in [-0.05, 0) is 92.7 Å². The van der Waals surface area contributed by atoms with Crippen molar-refractivity contribution in [1.82, 2.24) is 4.90 Å². The molecule has 1 saturated heterocycles. The fourth-order valence-corrected chi connectivity index (χ4v) is 5.29. The van der Waals surface area contributed by atoms with E-state index < -0.39 is 0 Å². The predicted molar refractivity (Wildman–Crippen MR) is 130 cm³/mol. The van der Waals surface area contributed by atoms with E-state index >= 15 is 0 Å². The van der Waals surface area contributed by atoms with Crippen LogP contribution < -0.4 is 0 Å². The highest BCUT2D eigenvalue weighted by molar-refractivity contribution is 5.99. The van der Waals surface area contributed by atoms with E-state index in [2.05, 4.69) is 54.9 Å². The van der Waals surface area contributed by atoms with Gasteiger partial charge in [0.15, 0.2) is 5.78 Å². The third kappa shape index (κ3) is 5.97. The third-order valence-electron chi connectivity index (χ3n) is 7.47. The van der Waals surface area contributed by atoms with Gasteiger partial charge in [0.1, 0.15) is 5.78 Å². The maximum atomic E-state index is 13.2. The van der Waals surface area contributed by atoms with Crippen molar-refractivity contribution in [2.75, 3.05) is 13.1 Å². The van der Waals surface area contributed by atoms with E-state index in [1.807, 2.05) is 6.08 Å². The number of carbonyl (C=O) groups is 2. The van der Waals surface area contributed by atoms with Crippen molar-refractivity contribution < 1.29 is 9.59 Å². The van der Waals surface area contributed by atoms with Crippen LogP contribution in [0, 0.1) is 5.41 Å². The highest BCUT2D eigenvalue weighted by Gasteiger charge is 2.26. The molecule has 3 aliphatic carbocycles. The first-order valence-corrected chi connectivity index (χ1v) is 12.4. The Morgan fingerprint density at radius 2 is 2.09 bits per heavy atom. The summed E-state index contributed by atoms with van der Waals surface area (Å²) < 4.78 is 0. The molecule has 1 fully saturated rings. The van der Waals surface area contributed by atoms with Gasteiger partial charge in [0.05, 0.1) is 6.54 Å². The first kappa shape index (κ1) is 23.0. The number of allylic oxidation sites excluding steroid dienone is 8. The Balaban J connectivity index is 1.43. The number of piperidine rings is 1. The number of Topliss-reactive ketones (excluding diaryl/α,β-unsaturated/α-hetero) is 2. The van der Waals surface area contributed by atoms with Gasteiger partial charge < -0.3 is 0 Å². The molecule has 170 valence electrons. The number of nitrogens with zero attached hydrogens (tertiary/aromatic N) is 1. The van der Waals surface area contributed by atoms with Crippen LogP contribution in [0.4, 0.5) is 0 Å². The zero-order valence-electron chi connectivity index (χ0n) is 19.8. The lowest BCUT2D eigenvalue weighted by molar-refractivity contribution is -0.123. The van der Waals surface area contributed by atoms with E-state index in [0.29, 0.717) is 30.2 Å². The van der Waals surface area contributed by atoms with Crippen molar-refractivity contribution >= 4 is 11.6 Å². The average Bonchev–Trinajstić information content (AvgIpc) is 2.74. The lowest BCUT2D eigenvalue weighted by atomic mass is 9.79. The highest BCUT2D eigenvalue weighted by Crippen LogP contribution is 2.34. The minimum absolute atomic E-state index is 0.197. The van der Waals surface area contributed by atoms with Crippen LogP contribution in [-0.4, -0.2) is 35.6 Å². The van der Waals surface area contributed by atoms with Gasteiger partial charge in [-0.25, -0.2) is 0 Å². The Labute approximate surface area is 193 Å². The van der Waals surface area contributed by atoms with Crippen molar-refractivity contribution in [2.45, 2.75) is 84.1 Å². The maximum Gasteiger partial charge on any atom is 0.167 e. The van der Waals surface area contributed by atoms with Crippen LogP contribution >= 0.6 is 0 Å². The van der Waals surface area contributed by atoms with Gasteiger partial charge in [-0.3, -0.25) is 14.5 Å². The van der Waals surface area contributed by atoms with Gasteiger partial charge >= 0.3 is 0 Å². The molecule has 1 aliphatic heterocycles. The van der Waals surface area contributed by atoms with Gasteiger partial charge in [0.2, 0.25) is 0 Å². The second-order valence-electron chi connectivity index (χ2n) is 10.6. The molecule has 0 aromatic carbocycles. The zero-order chi connectivity index (χ0) is 22.6. The van der Waals surface area contributed by atoms with E-state index in [1.54, 1.807) is 0 Å². The number of carbonyl (C=O) groups excluding carboxylic acids is 2. The molecule has 0 unspecified atom stereocenters. The van der Waals surface area contributed by atoms with Crippen molar-refractivity contribution in [3.05, 3.63) is 64.5 Å². The average molecular weight is 432 g/mol. The Kier molecular flexibility index (Phi) is 7.28. The monoisotopic (exact) mass is 431 g/mol. The quantitative estimate of drug-likeness (QED) is 0.393. The third-order valence-corrected chi connectivity index (χ3v) is 7.47. The molecule has 32 heavy (non-hydrogen) atoms. The zero-order valence-corrected chi connectivity index (χ0v) is 19.8. The van der Waals surface area contributed by atoms with Crippen LogP contribution in [0.15, 0.2) is 64.5 Å². The van der Waals surface area contributed by atoms with Crippen LogP contribution in [0.2, 0.25) is 0 Å². The van der Waals surface area contributed by atoms with E-state index in [9.17, 15) is 9.59 Å². The first-order chi connectivity index (χ1) is 15.4. The molecule has 0 N–H and O–H groups in total. The SMILES string of the molecule is CC1(C)C/C=C/C2=C(/C=C(/C(=O)CC3=CC[C@@H](N4CCCC(=O)C4)CC3)C=C=CC2)CC1. The maximum absolute atomic E-state index is 13.2. The minimum Gasteiger partial charge on any atom is -0.298 e. The molecule has 4 rings (SSSR count). The fraction of sp³-hybridized carbons (Fsp3) is 0.552. The Hall–Kier alpha value is -2.22. The Morgan fingerprint density at radius 3 is 2.88 bits per heavy atom. The summed E-state index contributed by atoms with van der Waals surface area (Å²) in [6.07, 6.45) is 22.2. The molecule has 1 atom stereocenters. The van der Waals surface area contributed by atoms with Gasteiger partial charge in [-0.1, -0.05) is 37.6 Å². The molecular weight excluding hydrogens is 394 g/mol. The standard InChI is InChI=1S/C29H37NO2/c1-29(2)16-5-9-23-7-3-4-8-25(20-24(23)15-17-29)28(32)19-22-11-13-26(14-12-22)30-18-6-10-27(31)21-30/h3,5,8-9,11,20,26H,6-7,10,12-19,21H2,1-2H3/b9-5+,24-23+,25-20+/t4?,26-/m1/s1. The van der Waals surface area contributed by atoms with E-state index in [4.69, 9.17) is 0 Å². The summed E-state index contributed by atoms with van der Waals surface area (Å²) in [5.41, 5.74) is 8.19. The summed E-state index contributed by atoms with van der Waals surface area (Å²) in [4.78, 5) is 27.4. The van der Waals surface area contributed by atoms with Crippen LogP contribution in [0.5, 0.6) is 0 Å². The van der Waals surface area contributed by atoms with Gasteiger partial charge in [0, 0.05) is 24.5 Å². The van der Waals surface area contributed by atoms with Gasteiger partial charge in [-0.15, -0.1) is 5.73 Å². The van der Waals surface area contributed by atoms with E-state index in [0.717, 1.165) is 69.9 Å². The summed E-state index contributed by atoms with van der Waals surface area (Å²) >= 11 is 0. The lowest BCUT2D eigenvalue weighted by Crippen LogP contribution is -2.43. The highest BCUT2D eigenvalue weighted by atomic mass is 16.1. The van der Waals surface area contributed by atoms with Gasteiger partial charge in [0.25, 0.3) is 0 Å². The molecule has 3 nitrogen and oxygen atoms in total. The molecule has 0 radical (unpaired) electrons. The normalized spacial score (nSPS) is 31.3. The summed E-state index contributed by atoms with van der Waals surface area (Å²) in [6, 6.07) is 0.458. The molecule has 4 aliphatic rings. The second kappa shape index (κ2) is 10.1. The van der Waals surface area contributed by atoms with Crippen molar-refractivity contribution in [2.24, 2.45) is 5.41 Å².